The molecule has 0 fully saturated rings. The van der Waals surface area contributed by atoms with Crippen molar-refractivity contribution in [3.63, 3.8) is 0 Å². The van der Waals surface area contributed by atoms with E-state index in [1.807, 2.05) is 37.4 Å². The van der Waals surface area contributed by atoms with Crippen molar-refractivity contribution in [2.45, 2.75) is 32.6 Å². The van der Waals surface area contributed by atoms with Gasteiger partial charge in [-0.3, -0.25) is 13.9 Å². The fraction of sp³-hybridized carbons (Fsp3) is 0.324. The minimum atomic E-state index is -0.446. The summed E-state index contributed by atoms with van der Waals surface area (Å²) in [7, 11) is 8.21. The van der Waals surface area contributed by atoms with E-state index in [0.717, 1.165) is 65.7 Å². The molecule has 3 heterocycles. The Morgan fingerprint density at radius 3 is 2.33 bits per heavy atom. The SMILES string of the molecule is CNCCCNC(=O)NC.COc1nc(-c2cccc(-c3cccc(Nc4nc(C)cc5c4c(=O)n(C)c(=O)n5C)c3Cl)c2Cl)cc2c1CCC2. The van der Waals surface area contributed by atoms with Crippen molar-refractivity contribution in [3.05, 3.63) is 96.2 Å². The van der Waals surface area contributed by atoms with Gasteiger partial charge < -0.3 is 26.0 Å². The van der Waals surface area contributed by atoms with Crippen LogP contribution in [-0.4, -0.2) is 59.4 Å². The van der Waals surface area contributed by atoms with Crippen LogP contribution in [0.25, 0.3) is 33.3 Å². The lowest BCUT2D eigenvalue weighted by Gasteiger charge is -2.17. The lowest BCUT2D eigenvalue weighted by Crippen LogP contribution is -2.37. The number of fused-ring (bicyclic) bond motifs is 2. The number of amides is 2. The lowest BCUT2D eigenvalue weighted by molar-refractivity contribution is 0.243. The number of methoxy groups -OCH3 is 1. The fourth-order valence-electron chi connectivity index (χ4n) is 6.11. The third-order valence-corrected chi connectivity index (χ3v) is 9.57. The van der Waals surface area contributed by atoms with E-state index in [-0.39, 0.29) is 6.03 Å². The zero-order chi connectivity index (χ0) is 36.8. The van der Waals surface area contributed by atoms with Crippen molar-refractivity contribution < 1.29 is 9.53 Å². The molecule has 5 aromatic rings. The minimum Gasteiger partial charge on any atom is -0.481 e. The molecule has 0 atom stereocenters. The molecule has 0 saturated heterocycles. The second-order valence-corrected chi connectivity index (χ2v) is 12.9. The molecule has 51 heavy (non-hydrogen) atoms. The standard InChI is InChI=1S/C31H27Cl2N5O3.C6H15N3O/c1-16-14-24-25(30(39)38(3)31(40)37(24)2)28(34-16)35-22-13-7-11-20(27(22)33)19-10-6-12-21(26(19)32)23-15-17-8-5-9-18(17)29(36-23)41-4;1-7-4-3-5-9-6(10)8-2/h6-7,10-15H,5,8-9H2,1-4H3,(H,34,35);7H,3-5H2,1-2H3,(H2,8,9,10). The van der Waals surface area contributed by atoms with Crippen LogP contribution in [0.2, 0.25) is 10.0 Å². The zero-order valence-corrected chi connectivity index (χ0v) is 31.1. The fourth-order valence-corrected chi connectivity index (χ4v) is 6.71. The summed E-state index contributed by atoms with van der Waals surface area (Å²) in [5, 5.41) is 12.6. The molecule has 2 amide bonds. The van der Waals surface area contributed by atoms with E-state index < -0.39 is 11.2 Å². The van der Waals surface area contributed by atoms with Crippen LogP contribution >= 0.6 is 23.2 Å². The number of benzene rings is 2. The number of urea groups is 1. The maximum atomic E-state index is 13.1. The molecule has 4 N–H and O–H groups in total. The number of hydrogen-bond acceptors (Lipinski definition) is 8. The van der Waals surface area contributed by atoms with Crippen molar-refractivity contribution in [2.75, 3.05) is 39.6 Å². The molecule has 1 aliphatic carbocycles. The average Bonchev–Trinajstić information content (AvgIpc) is 3.61. The van der Waals surface area contributed by atoms with Gasteiger partial charge in [-0.15, -0.1) is 0 Å². The van der Waals surface area contributed by atoms with Crippen LogP contribution in [0.1, 0.15) is 29.7 Å². The number of nitrogens with zero attached hydrogens (tertiary/aromatic N) is 4. The van der Waals surface area contributed by atoms with Gasteiger partial charge in [0.05, 0.1) is 34.1 Å². The Bertz CT molecular complexity index is 2220. The van der Waals surface area contributed by atoms with Crippen molar-refractivity contribution >= 4 is 51.6 Å². The Balaban J connectivity index is 0.000000442. The zero-order valence-electron chi connectivity index (χ0n) is 29.5. The maximum absolute atomic E-state index is 13.1. The summed E-state index contributed by atoms with van der Waals surface area (Å²) < 4.78 is 8.10. The monoisotopic (exact) mass is 732 g/mol. The van der Waals surface area contributed by atoms with Crippen LogP contribution in [0.4, 0.5) is 16.3 Å². The van der Waals surface area contributed by atoms with E-state index >= 15 is 0 Å². The number of aryl methyl sites for hydroxylation is 3. The van der Waals surface area contributed by atoms with E-state index in [9.17, 15) is 14.4 Å². The predicted octanol–water partition coefficient (Wildman–Crippen LogP) is 5.74. The number of pyridine rings is 2. The van der Waals surface area contributed by atoms with Gasteiger partial charge in [0.25, 0.3) is 5.56 Å². The van der Waals surface area contributed by atoms with Crippen LogP contribution < -0.4 is 37.3 Å². The normalized spacial score (nSPS) is 11.8. The number of anilines is 2. The Labute approximate surface area is 306 Å². The van der Waals surface area contributed by atoms with Crippen molar-refractivity contribution in [2.24, 2.45) is 14.1 Å². The van der Waals surface area contributed by atoms with Crippen molar-refractivity contribution in [1.29, 1.82) is 0 Å². The van der Waals surface area contributed by atoms with Crippen molar-refractivity contribution in [1.82, 2.24) is 35.1 Å². The number of hydrogen-bond donors (Lipinski definition) is 4. The number of halogens is 2. The highest BCUT2D eigenvalue weighted by Crippen LogP contribution is 2.43. The first-order valence-electron chi connectivity index (χ1n) is 16.6. The summed E-state index contributed by atoms with van der Waals surface area (Å²) in [6.07, 6.45) is 3.98. The first-order valence-corrected chi connectivity index (χ1v) is 17.3. The number of ether oxygens (including phenoxy) is 1. The van der Waals surface area contributed by atoms with Gasteiger partial charge in [0, 0.05) is 55.6 Å². The molecule has 0 saturated carbocycles. The molecular formula is C37H42Cl2N8O4. The minimum absolute atomic E-state index is 0.115. The second kappa shape index (κ2) is 16.4. The van der Waals surface area contributed by atoms with Crippen molar-refractivity contribution in [3.8, 4) is 28.3 Å². The van der Waals surface area contributed by atoms with Crippen LogP contribution in [0.3, 0.4) is 0 Å². The third kappa shape index (κ3) is 7.88. The molecular weight excluding hydrogens is 691 g/mol. The second-order valence-electron chi connectivity index (χ2n) is 12.1. The molecule has 0 radical (unpaired) electrons. The van der Waals surface area contributed by atoms with Gasteiger partial charge in [0.1, 0.15) is 11.2 Å². The summed E-state index contributed by atoms with van der Waals surface area (Å²) in [5.74, 6) is 0.951. The van der Waals surface area contributed by atoms with Crippen LogP contribution in [0.5, 0.6) is 5.88 Å². The summed E-state index contributed by atoms with van der Waals surface area (Å²) in [6, 6.07) is 15.0. The lowest BCUT2D eigenvalue weighted by atomic mass is 9.99. The third-order valence-electron chi connectivity index (χ3n) is 8.76. The molecule has 0 bridgehead atoms. The molecule has 1 aliphatic rings. The highest BCUT2D eigenvalue weighted by atomic mass is 35.5. The van der Waals surface area contributed by atoms with E-state index in [4.69, 9.17) is 32.9 Å². The summed E-state index contributed by atoms with van der Waals surface area (Å²) in [5.41, 5.74) is 6.17. The van der Waals surface area contributed by atoms with Crippen LogP contribution in [0, 0.1) is 6.92 Å². The Hall–Kier alpha value is -4.91. The smallest absolute Gasteiger partial charge is 0.330 e. The highest BCUT2D eigenvalue weighted by molar-refractivity contribution is 6.39. The number of nitrogens with one attached hydrogen (secondary N) is 4. The largest absolute Gasteiger partial charge is 0.481 e. The maximum Gasteiger partial charge on any atom is 0.330 e. The van der Waals surface area contributed by atoms with Gasteiger partial charge in [-0.1, -0.05) is 53.5 Å². The molecule has 0 spiro atoms. The van der Waals surface area contributed by atoms with E-state index in [1.54, 1.807) is 40.3 Å². The van der Waals surface area contributed by atoms with Gasteiger partial charge in [-0.25, -0.2) is 19.6 Å². The Kier molecular flexibility index (Phi) is 12.0. The molecule has 6 rings (SSSR count). The van der Waals surface area contributed by atoms with Gasteiger partial charge >= 0.3 is 11.7 Å². The highest BCUT2D eigenvalue weighted by Gasteiger charge is 2.22. The van der Waals surface area contributed by atoms with Gasteiger partial charge in [0.15, 0.2) is 0 Å². The van der Waals surface area contributed by atoms with Crippen LogP contribution in [-0.2, 0) is 26.9 Å². The molecule has 0 unspecified atom stereocenters. The quantitative estimate of drug-likeness (QED) is 0.141. The molecule has 268 valence electrons. The van der Waals surface area contributed by atoms with E-state index in [2.05, 4.69) is 32.3 Å². The Morgan fingerprint density at radius 1 is 0.922 bits per heavy atom. The van der Waals surface area contributed by atoms with E-state index in [0.29, 0.717) is 49.6 Å². The first kappa shape index (κ1) is 37.3. The van der Waals surface area contributed by atoms with E-state index in [1.165, 1.54) is 17.2 Å². The van der Waals surface area contributed by atoms with Gasteiger partial charge in [0.2, 0.25) is 5.88 Å². The number of carbonyl (C=O) groups is 1. The molecule has 14 heteroatoms. The average molecular weight is 734 g/mol. The first-order chi connectivity index (χ1) is 24.5. The molecule has 12 nitrogen and oxygen atoms in total. The number of aromatic nitrogens is 4. The molecule has 0 aliphatic heterocycles. The van der Waals surface area contributed by atoms with Crippen LogP contribution in [0.15, 0.2) is 58.1 Å². The summed E-state index contributed by atoms with van der Waals surface area (Å²) in [4.78, 5) is 45.6. The predicted molar refractivity (Wildman–Crippen MR) is 205 cm³/mol. The summed E-state index contributed by atoms with van der Waals surface area (Å²) >= 11 is 14.0. The number of carbonyl (C=O) groups excluding carboxylic acids is 1. The molecule has 3 aromatic heterocycles. The summed E-state index contributed by atoms with van der Waals surface area (Å²) in [6.45, 7) is 3.46. The van der Waals surface area contributed by atoms with Gasteiger partial charge in [-0.05, 0) is 70.0 Å². The molecule has 2 aromatic carbocycles. The Morgan fingerprint density at radius 2 is 1.63 bits per heavy atom. The topological polar surface area (TPSA) is 144 Å². The number of rotatable bonds is 9. The van der Waals surface area contributed by atoms with Gasteiger partial charge in [-0.2, -0.15) is 0 Å².